The molecule has 32 heavy (non-hydrogen) atoms. The maximum Gasteiger partial charge on any atom is 0.296 e. The lowest BCUT2D eigenvalue weighted by atomic mass is 9.95. The number of ketones is 1. The lowest BCUT2D eigenvalue weighted by molar-refractivity contribution is -0.140. The van der Waals surface area contributed by atoms with Gasteiger partial charge in [-0.2, -0.15) is 0 Å². The first-order chi connectivity index (χ1) is 15.4. The summed E-state index contributed by atoms with van der Waals surface area (Å²) >= 11 is 0. The van der Waals surface area contributed by atoms with Gasteiger partial charge in [-0.15, -0.1) is 0 Å². The molecule has 162 valence electrons. The van der Waals surface area contributed by atoms with Crippen LogP contribution < -0.4 is 4.74 Å². The summed E-state index contributed by atoms with van der Waals surface area (Å²) in [6.45, 7) is 3.78. The van der Waals surface area contributed by atoms with Gasteiger partial charge in [-0.25, -0.2) is 0 Å². The second-order valence-corrected chi connectivity index (χ2v) is 7.64. The van der Waals surface area contributed by atoms with E-state index < -0.39 is 17.7 Å². The molecule has 7 heteroatoms. The highest BCUT2D eigenvalue weighted by Crippen LogP contribution is 2.40. The number of aromatic nitrogens is 2. The van der Waals surface area contributed by atoms with Crippen molar-refractivity contribution in [3.05, 3.63) is 94.6 Å². The maximum atomic E-state index is 13.1. The summed E-state index contributed by atoms with van der Waals surface area (Å²) in [5, 5.41) is 11.3. The number of hydrogen-bond donors (Lipinski definition) is 1. The smallest absolute Gasteiger partial charge is 0.296 e. The molecule has 1 amide bonds. The number of aryl methyl sites for hydroxylation is 2. The number of aliphatic hydroxyl groups is 1. The fourth-order valence-corrected chi connectivity index (χ4v) is 3.96. The number of aliphatic hydroxyl groups excluding tert-OH is 1. The Morgan fingerprint density at radius 1 is 1.03 bits per heavy atom. The van der Waals surface area contributed by atoms with Crippen molar-refractivity contribution < 1.29 is 19.4 Å². The Kier molecular flexibility index (Phi) is 5.73. The Morgan fingerprint density at radius 3 is 2.38 bits per heavy atom. The van der Waals surface area contributed by atoms with Gasteiger partial charge in [-0.3, -0.25) is 19.6 Å². The van der Waals surface area contributed by atoms with Gasteiger partial charge in [0.1, 0.15) is 17.6 Å². The molecule has 1 N–H and O–H groups in total. The zero-order valence-electron chi connectivity index (χ0n) is 18.1. The summed E-state index contributed by atoms with van der Waals surface area (Å²) in [6, 6.07) is 13.4. The number of pyridine rings is 2. The molecule has 7 nitrogen and oxygen atoms in total. The van der Waals surface area contributed by atoms with Crippen LogP contribution in [0.3, 0.4) is 0 Å². The molecule has 1 unspecified atom stereocenters. The van der Waals surface area contributed by atoms with Gasteiger partial charge in [0.25, 0.3) is 11.7 Å². The van der Waals surface area contributed by atoms with Crippen LogP contribution in [-0.4, -0.2) is 38.8 Å². The number of ether oxygens (including phenoxy) is 1. The van der Waals surface area contributed by atoms with E-state index in [4.69, 9.17) is 4.74 Å². The lowest BCUT2D eigenvalue weighted by Gasteiger charge is -2.24. The molecule has 3 aromatic rings. The van der Waals surface area contributed by atoms with E-state index in [1.54, 1.807) is 62.0 Å². The number of nitrogens with zero attached hydrogens (tertiary/aromatic N) is 3. The summed E-state index contributed by atoms with van der Waals surface area (Å²) in [7, 11) is 1.57. The van der Waals surface area contributed by atoms with Crippen LogP contribution in [0.15, 0.2) is 66.5 Å². The molecule has 1 aliphatic rings. The zero-order chi connectivity index (χ0) is 22.8. The van der Waals surface area contributed by atoms with Crippen LogP contribution >= 0.6 is 0 Å². The Hall–Kier alpha value is -4.00. The molecular formula is C25H23N3O4. The number of carbonyl (C=O) groups is 2. The number of rotatable bonds is 5. The first-order valence-corrected chi connectivity index (χ1v) is 10.2. The minimum atomic E-state index is -0.833. The summed E-state index contributed by atoms with van der Waals surface area (Å²) in [4.78, 5) is 36.3. The highest BCUT2D eigenvalue weighted by atomic mass is 16.5. The van der Waals surface area contributed by atoms with E-state index in [1.165, 1.54) is 4.90 Å². The molecule has 0 spiro atoms. The van der Waals surface area contributed by atoms with Crippen molar-refractivity contribution in [1.29, 1.82) is 0 Å². The Bertz CT molecular complexity index is 1210. The number of likely N-dealkylation sites (tertiary alicyclic amines) is 1. The van der Waals surface area contributed by atoms with Crippen molar-refractivity contribution in [1.82, 2.24) is 14.9 Å². The number of benzene rings is 1. The molecule has 0 saturated carbocycles. The topological polar surface area (TPSA) is 92.6 Å². The molecular weight excluding hydrogens is 406 g/mol. The molecule has 1 aromatic carbocycles. The van der Waals surface area contributed by atoms with Gasteiger partial charge in [0.15, 0.2) is 0 Å². The van der Waals surface area contributed by atoms with Crippen molar-refractivity contribution >= 4 is 17.4 Å². The van der Waals surface area contributed by atoms with E-state index >= 15 is 0 Å². The van der Waals surface area contributed by atoms with E-state index in [0.29, 0.717) is 22.7 Å². The van der Waals surface area contributed by atoms with Crippen LogP contribution in [0, 0.1) is 13.8 Å². The average Bonchev–Trinajstić information content (AvgIpc) is 3.06. The number of carbonyl (C=O) groups excluding carboxylic acids is 2. The van der Waals surface area contributed by atoms with E-state index in [2.05, 4.69) is 9.97 Å². The van der Waals surface area contributed by atoms with Crippen molar-refractivity contribution in [2.45, 2.75) is 26.4 Å². The van der Waals surface area contributed by atoms with Crippen LogP contribution in [0.2, 0.25) is 0 Å². The highest BCUT2D eigenvalue weighted by molar-refractivity contribution is 6.46. The molecule has 1 fully saturated rings. The SMILES string of the molecule is COc1cc(C)c(/C(O)=C2\C(=O)C(=O)N(Cc3ccccn3)C2c2ccccn2)cc1C. The minimum Gasteiger partial charge on any atom is -0.507 e. The lowest BCUT2D eigenvalue weighted by Crippen LogP contribution is -2.29. The van der Waals surface area contributed by atoms with E-state index in [9.17, 15) is 14.7 Å². The van der Waals surface area contributed by atoms with Crippen molar-refractivity contribution in [3.8, 4) is 5.75 Å². The van der Waals surface area contributed by atoms with Crippen molar-refractivity contribution in [2.75, 3.05) is 7.11 Å². The van der Waals surface area contributed by atoms with Gasteiger partial charge in [-0.05, 0) is 61.4 Å². The quantitative estimate of drug-likeness (QED) is 0.378. The van der Waals surface area contributed by atoms with Crippen LogP contribution in [-0.2, 0) is 16.1 Å². The van der Waals surface area contributed by atoms with Crippen LogP contribution in [0.1, 0.15) is 34.1 Å². The van der Waals surface area contributed by atoms with E-state index in [-0.39, 0.29) is 17.9 Å². The Labute approximate surface area is 186 Å². The number of hydrogen-bond acceptors (Lipinski definition) is 6. The Balaban J connectivity index is 1.89. The number of Topliss-reactive ketones (excluding diaryl/α,β-unsaturated/α-hetero) is 1. The van der Waals surface area contributed by atoms with Gasteiger partial charge in [0.05, 0.1) is 30.6 Å². The first-order valence-electron chi connectivity index (χ1n) is 10.2. The summed E-state index contributed by atoms with van der Waals surface area (Å²) in [5.41, 5.74) is 3.13. The van der Waals surface area contributed by atoms with Crippen LogP contribution in [0.25, 0.3) is 5.76 Å². The average molecular weight is 429 g/mol. The van der Waals surface area contributed by atoms with Crippen LogP contribution in [0.5, 0.6) is 5.75 Å². The fourth-order valence-electron chi connectivity index (χ4n) is 3.96. The summed E-state index contributed by atoms with van der Waals surface area (Å²) in [6.07, 6.45) is 3.23. The molecule has 0 aliphatic carbocycles. The molecule has 0 radical (unpaired) electrons. The second-order valence-electron chi connectivity index (χ2n) is 7.64. The van der Waals surface area contributed by atoms with Crippen LogP contribution in [0.4, 0.5) is 0 Å². The normalized spacial score (nSPS) is 17.6. The zero-order valence-corrected chi connectivity index (χ0v) is 18.1. The van der Waals surface area contributed by atoms with Gasteiger partial charge < -0.3 is 14.7 Å². The number of methoxy groups -OCH3 is 1. The second kappa shape index (κ2) is 8.63. The molecule has 3 heterocycles. The maximum absolute atomic E-state index is 13.1. The van der Waals surface area contributed by atoms with E-state index in [1.807, 2.05) is 19.9 Å². The monoisotopic (exact) mass is 429 g/mol. The number of amides is 1. The third-order valence-electron chi connectivity index (χ3n) is 5.56. The largest absolute Gasteiger partial charge is 0.507 e. The van der Waals surface area contributed by atoms with Gasteiger partial charge in [-0.1, -0.05) is 12.1 Å². The highest BCUT2D eigenvalue weighted by Gasteiger charge is 2.47. The Morgan fingerprint density at radius 2 is 1.75 bits per heavy atom. The molecule has 1 aliphatic heterocycles. The fraction of sp³-hybridized carbons (Fsp3) is 0.200. The van der Waals surface area contributed by atoms with Gasteiger partial charge in [0, 0.05) is 18.0 Å². The van der Waals surface area contributed by atoms with Gasteiger partial charge in [0.2, 0.25) is 0 Å². The predicted octanol–water partition coefficient (Wildman–Crippen LogP) is 3.72. The molecule has 0 bridgehead atoms. The van der Waals surface area contributed by atoms with Crippen molar-refractivity contribution in [2.24, 2.45) is 0 Å². The standard InChI is InChI=1S/C25H23N3O4/c1-15-13-20(32-3)16(2)12-18(15)23(29)21-22(19-9-5-7-11-27-19)28(25(31)24(21)30)14-17-8-4-6-10-26-17/h4-13,22,29H,14H2,1-3H3/b23-21+. The summed E-state index contributed by atoms with van der Waals surface area (Å²) < 4.78 is 5.35. The third-order valence-corrected chi connectivity index (χ3v) is 5.56. The van der Waals surface area contributed by atoms with Crippen molar-refractivity contribution in [3.63, 3.8) is 0 Å². The molecule has 4 rings (SSSR count). The minimum absolute atomic E-state index is 0.0114. The first kappa shape index (κ1) is 21.2. The molecule has 1 saturated heterocycles. The summed E-state index contributed by atoms with van der Waals surface area (Å²) in [5.74, 6) is -1.00. The molecule has 2 aromatic heterocycles. The predicted molar refractivity (Wildman–Crippen MR) is 119 cm³/mol. The third kappa shape index (κ3) is 3.73. The van der Waals surface area contributed by atoms with E-state index in [0.717, 1.165) is 11.1 Å². The molecule has 1 atom stereocenters. The van der Waals surface area contributed by atoms with Gasteiger partial charge >= 0.3 is 0 Å².